The Balaban J connectivity index is 2.29. The van der Waals surface area contributed by atoms with E-state index in [0.717, 1.165) is 5.57 Å². The lowest BCUT2D eigenvalue weighted by Gasteiger charge is -2.08. The van der Waals surface area contributed by atoms with Crippen molar-refractivity contribution in [2.75, 3.05) is 0 Å². The molecule has 15 heavy (non-hydrogen) atoms. The number of carbonyl (C=O) groups is 2. The van der Waals surface area contributed by atoms with Crippen molar-refractivity contribution < 1.29 is 14.7 Å². The Morgan fingerprint density at radius 2 is 2.07 bits per heavy atom. The van der Waals surface area contributed by atoms with Crippen molar-refractivity contribution in [2.24, 2.45) is 5.92 Å². The molecule has 0 aromatic carbocycles. The SMILES string of the molecule is C/C(=C\NC(=O)NC(C)C(=O)O)C1CC1. The fraction of sp³-hybridized carbons (Fsp3) is 0.600. The van der Waals surface area contributed by atoms with Crippen LogP contribution in [-0.2, 0) is 4.79 Å². The van der Waals surface area contributed by atoms with Gasteiger partial charge < -0.3 is 15.7 Å². The van der Waals surface area contributed by atoms with Crippen molar-refractivity contribution in [2.45, 2.75) is 32.7 Å². The number of amides is 2. The lowest BCUT2D eigenvalue weighted by atomic mass is 10.2. The van der Waals surface area contributed by atoms with Gasteiger partial charge >= 0.3 is 12.0 Å². The molecule has 1 rings (SSSR count). The summed E-state index contributed by atoms with van der Waals surface area (Å²) in [5, 5.41) is 13.4. The second kappa shape index (κ2) is 4.82. The van der Waals surface area contributed by atoms with E-state index in [9.17, 15) is 9.59 Å². The minimum Gasteiger partial charge on any atom is -0.480 e. The third kappa shape index (κ3) is 4.01. The highest BCUT2D eigenvalue weighted by Crippen LogP contribution is 2.35. The summed E-state index contributed by atoms with van der Waals surface area (Å²) in [6.07, 6.45) is 4.00. The zero-order valence-electron chi connectivity index (χ0n) is 8.91. The number of hydrogen-bond donors (Lipinski definition) is 3. The Labute approximate surface area is 88.5 Å². The van der Waals surface area contributed by atoms with Gasteiger partial charge in [-0.3, -0.25) is 4.79 Å². The molecule has 0 bridgehead atoms. The molecule has 0 aromatic rings. The Kier molecular flexibility index (Phi) is 3.71. The van der Waals surface area contributed by atoms with E-state index >= 15 is 0 Å². The van der Waals surface area contributed by atoms with Crippen LogP contribution in [0.15, 0.2) is 11.8 Å². The molecule has 1 unspecified atom stereocenters. The Bertz CT molecular complexity index is 295. The van der Waals surface area contributed by atoms with Crippen molar-refractivity contribution >= 4 is 12.0 Å². The molecule has 0 spiro atoms. The Hall–Kier alpha value is -1.52. The van der Waals surface area contributed by atoms with Crippen molar-refractivity contribution in [1.29, 1.82) is 0 Å². The van der Waals surface area contributed by atoms with Crippen LogP contribution < -0.4 is 10.6 Å². The summed E-state index contributed by atoms with van der Waals surface area (Å²) in [6.45, 7) is 3.37. The molecule has 1 atom stereocenters. The number of hydrogen-bond acceptors (Lipinski definition) is 2. The van der Waals surface area contributed by atoms with Crippen LogP contribution in [0.5, 0.6) is 0 Å². The maximum absolute atomic E-state index is 11.2. The molecule has 5 heteroatoms. The Morgan fingerprint density at radius 3 is 2.53 bits per heavy atom. The second-order valence-corrected chi connectivity index (χ2v) is 3.84. The van der Waals surface area contributed by atoms with Gasteiger partial charge in [-0.15, -0.1) is 0 Å². The zero-order chi connectivity index (χ0) is 11.4. The zero-order valence-corrected chi connectivity index (χ0v) is 8.91. The first-order valence-corrected chi connectivity index (χ1v) is 4.97. The summed E-state index contributed by atoms with van der Waals surface area (Å²) < 4.78 is 0. The molecule has 0 heterocycles. The van der Waals surface area contributed by atoms with Crippen LogP contribution in [0, 0.1) is 5.92 Å². The highest BCUT2D eigenvalue weighted by Gasteiger charge is 2.23. The number of urea groups is 1. The van der Waals surface area contributed by atoms with Gasteiger partial charge in [-0.1, -0.05) is 5.57 Å². The minimum atomic E-state index is -1.05. The number of aliphatic carboxylic acids is 1. The van der Waals surface area contributed by atoms with Crippen molar-refractivity contribution in [3.63, 3.8) is 0 Å². The van der Waals surface area contributed by atoms with Gasteiger partial charge in [0.1, 0.15) is 6.04 Å². The molecule has 1 saturated carbocycles. The monoisotopic (exact) mass is 212 g/mol. The molecule has 1 aliphatic carbocycles. The number of nitrogens with one attached hydrogen (secondary N) is 2. The number of carboxylic acids is 1. The van der Waals surface area contributed by atoms with Gasteiger partial charge in [0.25, 0.3) is 0 Å². The van der Waals surface area contributed by atoms with Gasteiger partial charge in [0.05, 0.1) is 0 Å². The van der Waals surface area contributed by atoms with Gasteiger partial charge in [-0.05, 0) is 32.6 Å². The normalized spacial score (nSPS) is 18.1. The van der Waals surface area contributed by atoms with Gasteiger partial charge in [0, 0.05) is 6.20 Å². The van der Waals surface area contributed by atoms with E-state index in [2.05, 4.69) is 10.6 Å². The molecule has 0 saturated heterocycles. The molecule has 3 N–H and O–H groups in total. The molecular weight excluding hydrogens is 196 g/mol. The van der Waals surface area contributed by atoms with E-state index in [4.69, 9.17) is 5.11 Å². The number of allylic oxidation sites excluding steroid dienone is 1. The summed E-state index contributed by atoms with van der Waals surface area (Å²) in [6, 6.07) is -1.36. The molecule has 0 radical (unpaired) electrons. The second-order valence-electron chi connectivity index (χ2n) is 3.84. The first kappa shape index (κ1) is 11.6. The first-order valence-electron chi connectivity index (χ1n) is 4.97. The van der Waals surface area contributed by atoms with Crippen LogP contribution in [-0.4, -0.2) is 23.1 Å². The van der Waals surface area contributed by atoms with E-state index in [1.54, 1.807) is 6.20 Å². The molecule has 1 fully saturated rings. The summed E-state index contributed by atoms with van der Waals surface area (Å²) in [5.41, 5.74) is 1.13. The maximum atomic E-state index is 11.2. The van der Waals surface area contributed by atoms with E-state index < -0.39 is 18.0 Å². The minimum absolute atomic E-state index is 0.482. The van der Waals surface area contributed by atoms with Crippen molar-refractivity contribution in [3.8, 4) is 0 Å². The fourth-order valence-electron chi connectivity index (χ4n) is 1.14. The van der Waals surface area contributed by atoms with Crippen LogP contribution in [0.25, 0.3) is 0 Å². The number of carboxylic acid groups (broad SMARTS) is 1. The average Bonchev–Trinajstić information content (AvgIpc) is 2.96. The van der Waals surface area contributed by atoms with Crippen molar-refractivity contribution in [1.82, 2.24) is 10.6 Å². The number of carbonyl (C=O) groups excluding carboxylic acids is 1. The maximum Gasteiger partial charge on any atom is 0.325 e. The molecule has 84 valence electrons. The predicted octanol–water partition coefficient (Wildman–Crippen LogP) is 1.07. The topological polar surface area (TPSA) is 78.4 Å². The highest BCUT2D eigenvalue weighted by molar-refractivity contribution is 5.82. The molecule has 1 aliphatic rings. The Morgan fingerprint density at radius 1 is 1.47 bits per heavy atom. The van der Waals surface area contributed by atoms with Crippen molar-refractivity contribution in [3.05, 3.63) is 11.8 Å². The third-order valence-electron chi connectivity index (χ3n) is 2.37. The van der Waals surface area contributed by atoms with Gasteiger partial charge in [0.15, 0.2) is 0 Å². The van der Waals surface area contributed by atoms with Crippen LogP contribution in [0.1, 0.15) is 26.7 Å². The summed E-state index contributed by atoms with van der Waals surface area (Å²) >= 11 is 0. The van der Waals surface area contributed by atoms with Gasteiger partial charge in [-0.25, -0.2) is 4.79 Å². The van der Waals surface area contributed by atoms with E-state index in [1.807, 2.05) is 6.92 Å². The smallest absolute Gasteiger partial charge is 0.325 e. The number of rotatable bonds is 4. The standard InChI is InChI=1S/C10H16N2O3/c1-6(8-3-4-8)5-11-10(15)12-7(2)9(13)14/h5,7-8H,3-4H2,1-2H3,(H,13,14)(H2,11,12,15)/b6-5+. The molecule has 2 amide bonds. The van der Waals surface area contributed by atoms with Gasteiger partial charge in [0.2, 0.25) is 0 Å². The van der Waals surface area contributed by atoms with E-state index in [0.29, 0.717) is 5.92 Å². The lowest BCUT2D eigenvalue weighted by Crippen LogP contribution is -2.42. The summed E-state index contributed by atoms with van der Waals surface area (Å²) in [4.78, 5) is 21.6. The quantitative estimate of drug-likeness (QED) is 0.652. The van der Waals surface area contributed by atoms with E-state index in [1.165, 1.54) is 19.8 Å². The van der Waals surface area contributed by atoms with Crippen LogP contribution in [0.4, 0.5) is 4.79 Å². The van der Waals surface area contributed by atoms with Crippen LogP contribution >= 0.6 is 0 Å². The molecular formula is C10H16N2O3. The van der Waals surface area contributed by atoms with Crippen LogP contribution in [0.3, 0.4) is 0 Å². The van der Waals surface area contributed by atoms with Crippen LogP contribution in [0.2, 0.25) is 0 Å². The highest BCUT2D eigenvalue weighted by atomic mass is 16.4. The third-order valence-corrected chi connectivity index (χ3v) is 2.37. The molecule has 0 aromatic heterocycles. The lowest BCUT2D eigenvalue weighted by molar-refractivity contribution is -0.138. The molecule has 5 nitrogen and oxygen atoms in total. The van der Waals surface area contributed by atoms with E-state index in [-0.39, 0.29) is 0 Å². The largest absolute Gasteiger partial charge is 0.480 e. The first-order chi connectivity index (χ1) is 7.00. The average molecular weight is 212 g/mol. The van der Waals surface area contributed by atoms with Gasteiger partial charge in [-0.2, -0.15) is 0 Å². The predicted molar refractivity (Wildman–Crippen MR) is 55.2 cm³/mol. The summed E-state index contributed by atoms with van der Waals surface area (Å²) in [7, 11) is 0. The summed E-state index contributed by atoms with van der Waals surface area (Å²) in [5.74, 6) is -0.449. The fourth-order valence-corrected chi connectivity index (χ4v) is 1.14. The molecule has 0 aliphatic heterocycles.